The van der Waals surface area contributed by atoms with Crippen LogP contribution in [0.5, 0.6) is 0 Å². The van der Waals surface area contributed by atoms with Crippen molar-refractivity contribution in [2.45, 2.75) is 12.6 Å². The van der Waals surface area contributed by atoms with Crippen LogP contribution >= 0.6 is 23.8 Å². The summed E-state index contributed by atoms with van der Waals surface area (Å²) in [7, 11) is 0. The Bertz CT molecular complexity index is 421. The smallest absolute Gasteiger partial charge is 0.389 e. The van der Waals surface area contributed by atoms with Gasteiger partial charge in [-0.25, -0.2) is 0 Å². The highest BCUT2D eigenvalue weighted by Gasteiger charge is 2.26. The van der Waals surface area contributed by atoms with E-state index in [1.165, 1.54) is 6.07 Å². The van der Waals surface area contributed by atoms with Crippen LogP contribution in [-0.2, 0) is 0 Å². The van der Waals surface area contributed by atoms with Crippen LogP contribution in [0.2, 0.25) is 5.02 Å². The van der Waals surface area contributed by atoms with Gasteiger partial charge in [-0.1, -0.05) is 23.8 Å². The zero-order valence-electron chi connectivity index (χ0n) is 8.64. The van der Waals surface area contributed by atoms with Crippen LogP contribution in [0.1, 0.15) is 12.0 Å². The number of benzene rings is 1. The van der Waals surface area contributed by atoms with Crippen LogP contribution in [0.15, 0.2) is 18.2 Å². The number of hydrogen-bond acceptors (Lipinski definition) is 2. The first-order chi connectivity index (χ1) is 7.79. The lowest BCUT2D eigenvalue weighted by atomic mass is 10.1. The van der Waals surface area contributed by atoms with E-state index in [1.807, 2.05) is 0 Å². The monoisotopic (exact) mass is 282 g/mol. The fraction of sp³-hybridized carbons (Fsp3) is 0.300. The maximum absolute atomic E-state index is 12.0. The normalized spacial score (nSPS) is 11.3. The van der Waals surface area contributed by atoms with E-state index in [9.17, 15) is 13.2 Å². The van der Waals surface area contributed by atoms with Crippen molar-refractivity contribution < 1.29 is 13.2 Å². The topological polar surface area (TPSA) is 38.0 Å². The molecule has 0 atom stereocenters. The average Bonchev–Trinajstić information content (AvgIpc) is 2.18. The van der Waals surface area contributed by atoms with Crippen molar-refractivity contribution in [1.29, 1.82) is 0 Å². The molecule has 17 heavy (non-hydrogen) atoms. The lowest BCUT2D eigenvalue weighted by molar-refractivity contribution is -0.131. The second-order valence-electron chi connectivity index (χ2n) is 3.35. The molecule has 0 amide bonds. The molecule has 0 radical (unpaired) electrons. The summed E-state index contributed by atoms with van der Waals surface area (Å²) >= 11 is 10.5. The van der Waals surface area contributed by atoms with Crippen LogP contribution < -0.4 is 11.1 Å². The molecule has 1 aromatic rings. The summed E-state index contributed by atoms with van der Waals surface area (Å²) in [5.41, 5.74) is 6.34. The van der Waals surface area contributed by atoms with Gasteiger partial charge in [-0.15, -0.1) is 0 Å². The number of rotatable bonds is 4. The molecule has 1 rings (SSSR count). The maximum Gasteiger partial charge on any atom is 0.390 e. The second-order valence-corrected chi connectivity index (χ2v) is 4.22. The van der Waals surface area contributed by atoms with Crippen LogP contribution in [0, 0.1) is 0 Å². The van der Waals surface area contributed by atoms with E-state index in [1.54, 1.807) is 12.1 Å². The van der Waals surface area contributed by atoms with Gasteiger partial charge in [0.1, 0.15) is 4.99 Å². The van der Waals surface area contributed by atoms with Crippen molar-refractivity contribution in [2.24, 2.45) is 5.73 Å². The number of nitrogens with one attached hydrogen (secondary N) is 1. The van der Waals surface area contributed by atoms with Crippen molar-refractivity contribution in [3.05, 3.63) is 28.8 Å². The Morgan fingerprint density at radius 2 is 2.06 bits per heavy atom. The molecule has 0 saturated heterocycles. The zero-order valence-corrected chi connectivity index (χ0v) is 10.2. The number of thiocarbonyl (C=S) groups is 1. The van der Waals surface area contributed by atoms with Gasteiger partial charge in [0, 0.05) is 22.8 Å². The van der Waals surface area contributed by atoms with Crippen molar-refractivity contribution in [3.8, 4) is 0 Å². The average molecular weight is 283 g/mol. The first-order valence-electron chi connectivity index (χ1n) is 4.69. The summed E-state index contributed by atoms with van der Waals surface area (Å²) < 4.78 is 35.9. The van der Waals surface area contributed by atoms with Gasteiger partial charge in [0.05, 0.1) is 6.42 Å². The minimum absolute atomic E-state index is 0.0852. The predicted octanol–water partition coefficient (Wildman–Crippen LogP) is 3.34. The van der Waals surface area contributed by atoms with Gasteiger partial charge >= 0.3 is 6.18 Å². The Labute approximate surface area is 107 Å². The predicted molar refractivity (Wildman–Crippen MR) is 66.5 cm³/mol. The Hall–Kier alpha value is -1.01. The van der Waals surface area contributed by atoms with Crippen molar-refractivity contribution >= 4 is 34.5 Å². The molecule has 1 aromatic carbocycles. The lowest BCUT2D eigenvalue weighted by Gasteiger charge is -2.12. The van der Waals surface area contributed by atoms with E-state index in [0.717, 1.165) is 0 Å². The van der Waals surface area contributed by atoms with E-state index in [-0.39, 0.29) is 11.5 Å². The summed E-state index contributed by atoms with van der Waals surface area (Å²) in [5.74, 6) is 0. The van der Waals surface area contributed by atoms with Gasteiger partial charge in [0.25, 0.3) is 0 Å². The lowest BCUT2D eigenvalue weighted by Crippen LogP contribution is -2.17. The Morgan fingerprint density at radius 3 is 2.59 bits per heavy atom. The molecule has 0 unspecified atom stereocenters. The first-order valence-corrected chi connectivity index (χ1v) is 5.48. The second kappa shape index (κ2) is 5.55. The third-order valence-corrected chi connectivity index (χ3v) is 2.43. The summed E-state index contributed by atoms with van der Waals surface area (Å²) in [6, 6.07) is 4.62. The molecule has 0 heterocycles. The standard InChI is InChI=1S/C10H10ClF3N2S/c11-6-1-2-8(7(5-6)9(15)17)16-4-3-10(12,13)14/h1-2,5,16H,3-4H2,(H2,15,17). The molecule has 2 nitrogen and oxygen atoms in total. The van der Waals surface area contributed by atoms with Crippen LogP contribution in [0.25, 0.3) is 0 Å². The van der Waals surface area contributed by atoms with Gasteiger partial charge in [-0.05, 0) is 18.2 Å². The summed E-state index contributed by atoms with van der Waals surface area (Å²) in [4.78, 5) is 0.0852. The summed E-state index contributed by atoms with van der Waals surface area (Å²) in [6.07, 6.45) is -5.12. The van der Waals surface area contributed by atoms with E-state index < -0.39 is 12.6 Å². The van der Waals surface area contributed by atoms with E-state index in [2.05, 4.69) is 5.32 Å². The number of anilines is 1. The highest BCUT2D eigenvalue weighted by Crippen LogP contribution is 2.23. The third-order valence-electron chi connectivity index (χ3n) is 1.97. The number of halogens is 4. The Kier molecular flexibility index (Phi) is 4.59. The maximum atomic E-state index is 12.0. The zero-order chi connectivity index (χ0) is 13.1. The van der Waals surface area contributed by atoms with Gasteiger partial charge in [0.15, 0.2) is 0 Å². The first kappa shape index (κ1) is 14.1. The SMILES string of the molecule is NC(=S)c1cc(Cl)ccc1NCCC(F)(F)F. The summed E-state index contributed by atoms with van der Waals surface area (Å²) in [6.45, 7) is -0.235. The van der Waals surface area contributed by atoms with E-state index >= 15 is 0 Å². The molecule has 0 spiro atoms. The molecule has 94 valence electrons. The number of alkyl halides is 3. The van der Waals surface area contributed by atoms with Crippen molar-refractivity contribution in [1.82, 2.24) is 0 Å². The molecular weight excluding hydrogens is 273 g/mol. The van der Waals surface area contributed by atoms with Crippen LogP contribution in [0.3, 0.4) is 0 Å². The fourth-order valence-corrected chi connectivity index (χ4v) is 1.55. The largest absolute Gasteiger partial charge is 0.390 e. The molecular formula is C10H10ClF3N2S. The fourth-order valence-electron chi connectivity index (χ4n) is 1.21. The van der Waals surface area contributed by atoms with Gasteiger partial charge in [-0.3, -0.25) is 0 Å². The molecule has 0 bridgehead atoms. The Morgan fingerprint density at radius 1 is 1.41 bits per heavy atom. The van der Waals surface area contributed by atoms with Crippen LogP contribution in [-0.4, -0.2) is 17.7 Å². The quantitative estimate of drug-likeness (QED) is 0.832. The molecule has 0 fully saturated rings. The highest BCUT2D eigenvalue weighted by atomic mass is 35.5. The van der Waals surface area contributed by atoms with Gasteiger partial charge < -0.3 is 11.1 Å². The molecule has 0 aliphatic heterocycles. The molecule has 7 heteroatoms. The van der Waals surface area contributed by atoms with Crippen molar-refractivity contribution in [3.63, 3.8) is 0 Å². The van der Waals surface area contributed by atoms with Crippen LogP contribution in [0.4, 0.5) is 18.9 Å². The molecule has 0 aliphatic rings. The van der Waals surface area contributed by atoms with Gasteiger partial charge in [0.2, 0.25) is 0 Å². The molecule has 0 aliphatic carbocycles. The highest BCUT2D eigenvalue weighted by molar-refractivity contribution is 7.80. The minimum Gasteiger partial charge on any atom is -0.389 e. The Balaban J connectivity index is 2.74. The summed E-state index contributed by atoms with van der Waals surface area (Å²) in [5, 5.41) is 3.06. The minimum atomic E-state index is -4.19. The third kappa shape index (κ3) is 4.79. The van der Waals surface area contributed by atoms with E-state index in [4.69, 9.17) is 29.6 Å². The number of hydrogen-bond donors (Lipinski definition) is 2. The van der Waals surface area contributed by atoms with E-state index in [0.29, 0.717) is 16.3 Å². The molecule has 0 aromatic heterocycles. The molecule has 3 N–H and O–H groups in total. The molecule has 0 saturated carbocycles. The van der Waals surface area contributed by atoms with Gasteiger partial charge in [-0.2, -0.15) is 13.2 Å². The van der Waals surface area contributed by atoms with Crippen molar-refractivity contribution in [2.75, 3.05) is 11.9 Å². The number of nitrogens with two attached hydrogens (primary N) is 1.